The highest BCUT2D eigenvalue weighted by Gasteiger charge is 2.33. The minimum absolute atomic E-state index is 0.0438. The standard InChI is InChI=1S/C11H10Cl2N2O5/c12-6-3-8(9(15(18)19)4-7(6)13)14-1-2-20-5-10(14)11(16)17/h3-4,10H,1-2,5H2,(H,16,17). The highest BCUT2D eigenvalue weighted by atomic mass is 35.5. The molecule has 0 radical (unpaired) electrons. The fraction of sp³-hybridized carbons (Fsp3) is 0.364. The molecular formula is C11H10Cl2N2O5. The zero-order valence-electron chi connectivity index (χ0n) is 10.1. The van der Waals surface area contributed by atoms with Crippen molar-refractivity contribution in [3.05, 3.63) is 32.3 Å². The fourth-order valence-corrected chi connectivity index (χ4v) is 2.31. The number of anilines is 1. The number of nitrogens with zero attached hydrogens (tertiary/aromatic N) is 2. The molecule has 1 aromatic rings. The summed E-state index contributed by atoms with van der Waals surface area (Å²) < 4.78 is 5.10. The molecule has 2 rings (SSSR count). The molecule has 0 aromatic heterocycles. The Hall–Kier alpha value is -1.57. The predicted molar refractivity (Wildman–Crippen MR) is 72.7 cm³/mol. The molecule has 1 N–H and O–H groups in total. The van der Waals surface area contributed by atoms with Gasteiger partial charge in [0.2, 0.25) is 0 Å². The van der Waals surface area contributed by atoms with E-state index in [-0.39, 0.29) is 41.2 Å². The topological polar surface area (TPSA) is 92.9 Å². The summed E-state index contributed by atoms with van der Waals surface area (Å²) in [7, 11) is 0. The van der Waals surface area contributed by atoms with E-state index in [2.05, 4.69) is 0 Å². The second kappa shape index (κ2) is 5.82. The molecule has 0 amide bonds. The van der Waals surface area contributed by atoms with Gasteiger partial charge in [0.05, 0.1) is 28.2 Å². The zero-order chi connectivity index (χ0) is 14.9. The molecular weight excluding hydrogens is 311 g/mol. The van der Waals surface area contributed by atoms with E-state index in [0.29, 0.717) is 0 Å². The Bertz CT molecular complexity index is 566. The van der Waals surface area contributed by atoms with Crippen LogP contribution in [0.25, 0.3) is 0 Å². The van der Waals surface area contributed by atoms with Crippen LogP contribution in [0, 0.1) is 10.1 Å². The summed E-state index contributed by atoms with van der Waals surface area (Å²) in [4.78, 5) is 23.1. The maximum atomic E-state index is 11.2. The van der Waals surface area contributed by atoms with Gasteiger partial charge in [0.25, 0.3) is 5.69 Å². The first-order valence-electron chi connectivity index (χ1n) is 5.62. The van der Waals surface area contributed by atoms with E-state index >= 15 is 0 Å². The van der Waals surface area contributed by atoms with Crippen LogP contribution in [0.3, 0.4) is 0 Å². The van der Waals surface area contributed by atoms with Gasteiger partial charge >= 0.3 is 5.97 Å². The van der Waals surface area contributed by atoms with Crippen molar-refractivity contribution < 1.29 is 19.6 Å². The Balaban J connectivity index is 2.51. The lowest BCUT2D eigenvalue weighted by Gasteiger charge is -2.34. The number of nitro groups is 1. The average Bonchev–Trinajstić information content (AvgIpc) is 2.41. The minimum atomic E-state index is -1.12. The van der Waals surface area contributed by atoms with Crippen LogP contribution >= 0.6 is 23.2 Å². The van der Waals surface area contributed by atoms with Gasteiger partial charge in [0.15, 0.2) is 6.04 Å². The van der Waals surface area contributed by atoms with Crippen LogP contribution in [-0.2, 0) is 9.53 Å². The molecule has 20 heavy (non-hydrogen) atoms. The van der Waals surface area contributed by atoms with Gasteiger partial charge in [-0.25, -0.2) is 4.79 Å². The molecule has 1 heterocycles. The summed E-state index contributed by atoms with van der Waals surface area (Å²) >= 11 is 11.6. The van der Waals surface area contributed by atoms with Crippen LogP contribution in [0.2, 0.25) is 10.0 Å². The lowest BCUT2D eigenvalue weighted by atomic mass is 10.1. The van der Waals surface area contributed by atoms with Crippen LogP contribution in [0.15, 0.2) is 12.1 Å². The third-order valence-electron chi connectivity index (χ3n) is 2.94. The van der Waals surface area contributed by atoms with E-state index in [4.69, 9.17) is 27.9 Å². The van der Waals surface area contributed by atoms with Gasteiger partial charge in [-0.05, 0) is 6.07 Å². The Labute approximate surface area is 123 Å². The second-order valence-corrected chi connectivity index (χ2v) is 4.95. The van der Waals surface area contributed by atoms with Crippen molar-refractivity contribution in [1.82, 2.24) is 0 Å². The monoisotopic (exact) mass is 320 g/mol. The lowest BCUT2D eigenvalue weighted by Crippen LogP contribution is -2.50. The summed E-state index contributed by atoms with van der Waals surface area (Å²) in [6.45, 7) is 0.448. The number of benzene rings is 1. The summed E-state index contributed by atoms with van der Waals surface area (Å²) in [5.74, 6) is -1.12. The molecule has 1 unspecified atom stereocenters. The molecule has 1 aliphatic heterocycles. The molecule has 1 aliphatic rings. The first-order valence-corrected chi connectivity index (χ1v) is 6.38. The molecule has 0 spiro atoms. The Morgan fingerprint density at radius 2 is 2.10 bits per heavy atom. The lowest BCUT2D eigenvalue weighted by molar-refractivity contribution is -0.384. The van der Waals surface area contributed by atoms with Crippen molar-refractivity contribution in [2.24, 2.45) is 0 Å². The van der Waals surface area contributed by atoms with Crippen LogP contribution < -0.4 is 4.90 Å². The summed E-state index contributed by atoms with van der Waals surface area (Å²) in [5, 5.41) is 20.4. The van der Waals surface area contributed by atoms with Crippen molar-refractivity contribution in [3.63, 3.8) is 0 Å². The van der Waals surface area contributed by atoms with Gasteiger partial charge in [0.1, 0.15) is 5.69 Å². The molecule has 1 aromatic carbocycles. The van der Waals surface area contributed by atoms with E-state index in [1.54, 1.807) is 0 Å². The van der Waals surface area contributed by atoms with E-state index in [9.17, 15) is 20.0 Å². The number of nitro benzene ring substituents is 1. The molecule has 1 atom stereocenters. The Morgan fingerprint density at radius 1 is 1.45 bits per heavy atom. The fourth-order valence-electron chi connectivity index (χ4n) is 2.00. The number of carboxylic acid groups (broad SMARTS) is 1. The Kier molecular flexibility index (Phi) is 4.32. The third-order valence-corrected chi connectivity index (χ3v) is 3.66. The molecule has 0 aliphatic carbocycles. The zero-order valence-corrected chi connectivity index (χ0v) is 11.6. The van der Waals surface area contributed by atoms with Crippen molar-refractivity contribution in [1.29, 1.82) is 0 Å². The molecule has 9 heteroatoms. The van der Waals surface area contributed by atoms with Gasteiger partial charge in [0, 0.05) is 12.6 Å². The number of morpholine rings is 1. The number of carboxylic acids is 1. The van der Waals surface area contributed by atoms with Gasteiger partial charge in [-0.2, -0.15) is 0 Å². The normalized spacial score (nSPS) is 18.9. The van der Waals surface area contributed by atoms with Crippen molar-refractivity contribution >= 4 is 40.5 Å². The molecule has 0 saturated carbocycles. The highest BCUT2D eigenvalue weighted by Crippen LogP contribution is 2.37. The number of halogens is 2. The highest BCUT2D eigenvalue weighted by molar-refractivity contribution is 6.42. The van der Waals surface area contributed by atoms with Gasteiger partial charge < -0.3 is 14.7 Å². The van der Waals surface area contributed by atoms with Crippen molar-refractivity contribution in [2.45, 2.75) is 6.04 Å². The quantitative estimate of drug-likeness (QED) is 0.677. The van der Waals surface area contributed by atoms with Crippen LogP contribution in [-0.4, -0.2) is 41.8 Å². The summed E-state index contributed by atoms with van der Waals surface area (Å²) in [6.07, 6.45) is 0. The van der Waals surface area contributed by atoms with Crippen LogP contribution in [0.4, 0.5) is 11.4 Å². The third kappa shape index (κ3) is 2.79. The molecule has 0 bridgehead atoms. The van der Waals surface area contributed by atoms with E-state index in [1.807, 2.05) is 0 Å². The van der Waals surface area contributed by atoms with Crippen molar-refractivity contribution in [2.75, 3.05) is 24.7 Å². The number of hydrogen-bond donors (Lipinski definition) is 1. The van der Waals surface area contributed by atoms with Crippen LogP contribution in [0.1, 0.15) is 0 Å². The summed E-state index contributed by atoms with van der Waals surface area (Å²) in [6, 6.07) is 1.43. The van der Waals surface area contributed by atoms with Crippen molar-refractivity contribution in [3.8, 4) is 0 Å². The predicted octanol–water partition coefficient (Wildman–Crippen LogP) is 2.19. The van der Waals surface area contributed by atoms with E-state index in [1.165, 1.54) is 11.0 Å². The number of ether oxygens (including phenoxy) is 1. The van der Waals surface area contributed by atoms with E-state index in [0.717, 1.165) is 6.07 Å². The smallest absolute Gasteiger partial charge is 0.328 e. The number of hydrogen-bond acceptors (Lipinski definition) is 5. The number of rotatable bonds is 3. The first-order chi connectivity index (χ1) is 9.41. The van der Waals surface area contributed by atoms with Gasteiger partial charge in [-0.1, -0.05) is 23.2 Å². The maximum Gasteiger partial charge on any atom is 0.328 e. The molecule has 7 nitrogen and oxygen atoms in total. The number of carbonyl (C=O) groups is 1. The van der Waals surface area contributed by atoms with Gasteiger partial charge in [-0.15, -0.1) is 0 Å². The number of aliphatic carboxylic acids is 1. The second-order valence-electron chi connectivity index (χ2n) is 4.13. The first kappa shape index (κ1) is 14.8. The molecule has 1 fully saturated rings. The SMILES string of the molecule is O=C(O)C1COCCN1c1cc(Cl)c(Cl)cc1[N+](=O)[O-]. The average molecular weight is 321 g/mol. The van der Waals surface area contributed by atoms with Gasteiger partial charge in [-0.3, -0.25) is 10.1 Å². The minimum Gasteiger partial charge on any atom is -0.480 e. The van der Waals surface area contributed by atoms with Crippen LogP contribution in [0.5, 0.6) is 0 Å². The largest absolute Gasteiger partial charge is 0.480 e. The molecule has 1 saturated heterocycles. The summed E-state index contributed by atoms with van der Waals surface area (Å²) in [5.41, 5.74) is -0.160. The maximum absolute atomic E-state index is 11.2. The van der Waals surface area contributed by atoms with E-state index < -0.39 is 16.9 Å². The molecule has 108 valence electrons. The Morgan fingerprint density at radius 3 is 2.70 bits per heavy atom.